The molecule has 2 aromatic carbocycles. The van der Waals surface area contributed by atoms with E-state index in [1.807, 2.05) is 0 Å². The number of amides is 2. The van der Waals surface area contributed by atoms with Crippen LogP contribution in [0.1, 0.15) is 18.9 Å². The number of sulfone groups is 1. The number of carbonyl (C=O) groups is 2. The van der Waals surface area contributed by atoms with Crippen molar-refractivity contribution in [2.45, 2.75) is 34.6 Å². The number of anilines is 2. The van der Waals surface area contributed by atoms with Crippen LogP contribution in [0.3, 0.4) is 0 Å². The first-order valence-electron chi connectivity index (χ1n) is 8.77. The van der Waals surface area contributed by atoms with Gasteiger partial charge in [-0.3, -0.25) is 9.59 Å². The van der Waals surface area contributed by atoms with Crippen LogP contribution in [0.5, 0.6) is 0 Å². The number of hydrogen-bond acceptors (Lipinski definition) is 5. The number of halogens is 3. The normalized spacial score (nSPS) is 16.5. The Morgan fingerprint density at radius 2 is 1.83 bits per heavy atom. The first-order chi connectivity index (χ1) is 14.0. The highest BCUT2D eigenvalue weighted by atomic mass is 32.2. The molecule has 1 atom stereocenters. The van der Waals surface area contributed by atoms with Gasteiger partial charge in [0.05, 0.1) is 27.1 Å². The molecule has 160 valence electrons. The van der Waals surface area contributed by atoms with Gasteiger partial charge in [-0.25, -0.2) is 8.42 Å². The molecule has 0 unspecified atom stereocenters. The van der Waals surface area contributed by atoms with Crippen molar-refractivity contribution < 1.29 is 31.2 Å². The van der Waals surface area contributed by atoms with Gasteiger partial charge in [-0.15, -0.1) is 11.8 Å². The zero-order valence-electron chi connectivity index (χ0n) is 15.6. The number of thioether (sulfide) groups is 1. The van der Waals surface area contributed by atoms with E-state index in [-0.39, 0.29) is 28.2 Å². The summed E-state index contributed by atoms with van der Waals surface area (Å²) in [7, 11) is -3.81. The highest BCUT2D eigenvalue weighted by Crippen LogP contribution is 2.37. The van der Waals surface area contributed by atoms with Crippen LogP contribution < -0.4 is 10.6 Å². The summed E-state index contributed by atoms with van der Waals surface area (Å²) in [6.07, 6.45) is -4.86. The Balaban J connectivity index is 1.63. The molecule has 30 heavy (non-hydrogen) atoms. The Labute approximate surface area is 175 Å². The van der Waals surface area contributed by atoms with Crippen molar-refractivity contribution in [3.8, 4) is 0 Å². The van der Waals surface area contributed by atoms with Crippen molar-refractivity contribution in [2.75, 3.05) is 16.4 Å². The maximum Gasteiger partial charge on any atom is 0.416 e. The van der Waals surface area contributed by atoms with Crippen LogP contribution in [-0.2, 0) is 25.6 Å². The van der Waals surface area contributed by atoms with Gasteiger partial charge in [0, 0.05) is 17.0 Å². The monoisotopic (exact) mass is 458 g/mol. The van der Waals surface area contributed by atoms with Gasteiger partial charge in [-0.2, -0.15) is 13.2 Å². The molecule has 0 saturated carbocycles. The number of rotatable bonds is 5. The summed E-state index contributed by atoms with van der Waals surface area (Å²) < 4.78 is 62.8. The van der Waals surface area contributed by atoms with Crippen molar-refractivity contribution in [1.82, 2.24) is 0 Å². The summed E-state index contributed by atoms with van der Waals surface area (Å²) in [6.45, 7) is 1.74. The van der Waals surface area contributed by atoms with E-state index in [2.05, 4.69) is 10.6 Å². The Bertz CT molecular complexity index is 1080. The van der Waals surface area contributed by atoms with Crippen molar-refractivity contribution >= 4 is 44.8 Å². The van der Waals surface area contributed by atoms with E-state index in [1.165, 1.54) is 23.9 Å². The summed E-state index contributed by atoms with van der Waals surface area (Å²) in [4.78, 5) is 24.5. The lowest BCUT2D eigenvalue weighted by atomic mass is 10.2. The van der Waals surface area contributed by atoms with Crippen LogP contribution in [0, 0.1) is 0 Å². The average molecular weight is 458 g/mol. The highest BCUT2D eigenvalue weighted by molar-refractivity contribution is 8.01. The van der Waals surface area contributed by atoms with Crippen molar-refractivity contribution in [2.24, 2.45) is 0 Å². The molecular weight excluding hydrogens is 441 g/mol. The first-order valence-corrected chi connectivity index (χ1v) is 11.3. The molecular formula is C19H17F3N2O4S2. The van der Waals surface area contributed by atoms with Crippen molar-refractivity contribution in [3.05, 3.63) is 48.0 Å². The van der Waals surface area contributed by atoms with E-state index in [0.29, 0.717) is 5.69 Å². The first kappa shape index (κ1) is 22.2. The molecule has 6 nitrogen and oxygen atoms in total. The summed E-state index contributed by atoms with van der Waals surface area (Å²) in [5.41, 5.74) is -0.318. The number of benzene rings is 2. The van der Waals surface area contributed by atoms with E-state index in [9.17, 15) is 31.2 Å². The van der Waals surface area contributed by atoms with Crippen LogP contribution in [0.15, 0.2) is 52.3 Å². The van der Waals surface area contributed by atoms with E-state index >= 15 is 0 Å². The topological polar surface area (TPSA) is 92.3 Å². The fourth-order valence-electron chi connectivity index (χ4n) is 2.69. The van der Waals surface area contributed by atoms with E-state index < -0.39 is 33.2 Å². The SMILES string of the molecule is C[C@@H]1Sc2ccc(S(=O)(=O)CCC(=O)Nc3ccc(C(F)(F)F)cc3)cc2NC1=O. The third-order valence-corrected chi connectivity index (χ3v) is 7.23. The second kappa shape index (κ2) is 8.31. The number of fused-ring (bicyclic) bond motifs is 1. The summed E-state index contributed by atoms with van der Waals surface area (Å²) >= 11 is 1.32. The van der Waals surface area contributed by atoms with Gasteiger partial charge in [0.1, 0.15) is 0 Å². The minimum Gasteiger partial charge on any atom is -0.326 e. The maximum atomic E-state index is 12.6. The van der Waals surface area contributed by atoms with Gasteiger partial charge in [-0.1, -0.05) is 0 Å². The highest BCUT2D eigenvalue weighted by Gasteiger charge is 2.30. The predicted octanol–water partition coefficient (Wildman–Crippen LogP) is 3.94. The molecule has 1 heterocycles. The number of hydrogen-bond donors (Lipinski definition) is 2. The van der Waals surface area contributed by atoms with Crippen molar-refractivity contribution in [3.63, 3.8) is 0 Å². The van der Waals surface area contributed by atoms with Gasteiger partial charge in [0.25, 0.3) is 0 Å². The molecule has 2 amide bonds. The van der Waals surface area contributed by atoms with Gasteiger partial charge >= 0.3 is 6.18 Å². The molecule has 0 fully saturated rings. The molecule has 2 N–H and O–H groups in total. The lowest BCUT2D eigenvalue weighted by Gasteiger charge is -2.21. The summed E-state index contributed by atoms with van der Waals surface area (Å²) in [5, 5.41) is 4.74. The van der Waals surface area contributed by atoms with Crippen LogP contribution in [-0.4, -0.2) is 31.2 Å². The van der Waals surface area contributed by atoms with E-state index in [1.54, 1.807) is 13.0 Å². The van der Waals surface area contributed by atoms with Crippen LogP contribution in [0.4, 0.5) is 24.5 Å². The third kappa shape index (κ3) is 5.14. The van der Waals surface area contributed by atoms with Gasteiger partial charge in [-0.05, 0) is 49.4 Å². The molecule has 1 aliphatic heterocycles. The fourth-order valence-corrected chi connectivity index (χ4v) is 4.89. The predicted molar refractivity (Wildman–Crippen MR) is 107 cm³/mol. The van der Waals surface area contributed by atoms with Crippen LogP contribution in [0.2, 0.25) is 0 Å². The molecule has 2 aromatic rings. The van der Waals surface area contributed by atoms with E-state index in [0.717, 1.165) is 29.2 Å². The van der Waals surface area contributed by atoms with Gasteiger partial charge < -0.3 is 10.6 Å². The molecule has 0 aliphatic carbocycles. The minimum absolute atomic E-state index is 0.0287. The minimum atomic E-state index is -4.48. The molecule has 0 saturated heterocycles. The van der Waals surface area contributed by atoms with Gasteiger partial charge in [0.15, 0.2) is 9.84 Å². The largest absolute Gasteiger partial charge is 0.416 e. The number of alkyl halides is 3. The fraction of sp³-hybridized carbons (Fsp3) is 0.263. The Morgan fingerprint density at radius 3 is 2.47 bits per heavy atom. The Kier molecular flexibility index (Phi) is 6.14. The summed E-state index contributed by atoms with van der Waals surface area (Å²) in [5.74, 6) is -1.36. The molecule has 11 heteroatoms. The number of nitrogens with one attached hydrogen (secondary N) is 2. The molecule has 1 aliphatic rings. The molecule has 0 aromatic heterocycles. The third-order valence-electron chi connectivity index (χ3n) is 4.33. The quantitative estimate of drug-likeness (QED) is 0.708. The van der Waals surface area contributed by atoms with E-state index in [4.69, 9.17) is 0 Å². The van der Waals surface area contributed by atoms with Gasteiger partial charge in [0.2, 0.25) is 11.8 Å². The second-order valence-electron chi connectivity index (χ2n) is 6.60. The lowest BCUT2D eigenvalue weighted by molar-refractivity contribution is -0.137. The van der Waals surface area contributed by atoms with Crippen LogP contribution >= 0.6 is 11.8 Å². The van der Waals surface area contributed by atoms with Crippen molar-refractivity contribution in [1.29, 1.82) is 0 Å². The molecule has 0 spiro atoms. The number of carbonyl (C=O) groups excluding carboxylic acids is 2. The maximum absolute atomic E-state index is 12.6. The zero-order valence-corrected chi connectivity index (χ0v) is 17.2. The standard InChI is InChI=1S/C19H17F3N2O4S2/c1-11-18(26)24-15-10-14(6-7-16(15)29-11)30(27,28)9-8-17(25)23-13-4-2-12(3-5-13)19(20,21)22/h2-7,10-11H,8-9H2,1H3,(H,23,25)(H,24,26)/t11-/m0/s1. The second-order valence-corrected chi connectivity index (χ2v) is 10.1. The average Bonchev–Trinajstić information content (AvgIpc) is 2.67. The molecule has 0 radical (unpaired) electrons. The molecule has 3 rings (SSSR count). The zero-order chi connectivity index (χ0) is 22.1. The summed E-state index contributed by atoms with van der Waals surface area (Å²) in [6, 6.07) is 8.22. The molecule has 0 bridgehead atoms. The van der Waals surface area contributed by atoms with Crippen LogP contribution in [0.25, 0.3) is 0 Å². The Morgan fingerprint density at radius 1 is 1.17 bits per heavy atom. The lowest BCUT2D eigenvalue weighted by Crippen LogP contribution is -2.26. The Hall–Kier alpha value is -2.53. The smallest absolute Gasteiger partial charge is 0.326 e.